The molecule has 0 spiro atoms. The highest BCUT2D eigenvalue weighted by Crippen LogP contribution is 2.42. The van der Waals surface area contributed by atoms with Gasteiger partial charge in [0.25, 0.3) is 5.91 Å². The monoisotopic (exact) mass is 830 g/mol. The lowest BCUT2D eigenvalue weighted by Gasteiger charge is -2.44. The van der Waals surface area contributed by atoms with E-state index in [2.05, 4.69) is 21.3 Å². The van der Waals surface area contributed by atoms with Gasteiger partial charge in [-0.1, -0.05) is 72.1 Å². The first-order valence-corrected chi connectivity index (χ1v) is 22.7. The minimum Gasteiger partial charge on any atom is -0.347 e. The minimum atomic E-state index is -4.85. The molecule has 5 fully saturated rings. The molecule has 0 aromatic carbocycles. The Morgan fingerprint density at radius 2 is 1.44 bits per heavy atom. The van der Waals surface area contributed by atoms with Crippen LogP contribution in [-0.4, -0.2) is 108 Å². The number of amides is 5. The van der Waals surface area contributed by atoms with Gasteiger partial charge in [0.05, 0.1) is 17.3 Å². The molecule has 0 radical (unpaired) electrons. The highest BCUT2D eigenvalue weighted by atomic mass is 32.2. The van der Waals surface area contributed by atoms with E-state index in [4.69, 9.17) is 0 Å². The van der Waals surface area contributed by atoms with Crippen LogP contribution in [-0.2, 0) is 29.2 Å². The molecular weight excluding hydrogens is 766 g/mol. The number of halogens is 3. The standard InChI is InChI=1S/C40H65F3N6O7S/c1-25(2)28-17-22-49(30(28)33(51)45-29(23-26-13-14-26)31(50)34(52)44-27-15-16-27)35(53)32(38(5)18-9-7-10-19-38)46-36(54)47-39(20-11-8-12-21-39)24-57(55,56)48(6)37(3,4)40(41,42)43/h25-30,32H,7-24H2,1-6H3,(H,44,52)(H,45,51)(H2,46,47,54)/t28-,29+,30+,32-/m1/s1. The van der Waals surface area contributed by atoms with Gasteiger partial charge < -0.3 is 26.2 Å². The summed E-state index contributed by atoms with van der Waals surface area (Å²) in [5, 5.41) is 11.4. The first-order chi connectivity index (χ1) is 26.5. The van der Waals surface area contributed by atoms with Crippen LogP contribution < -0.4 is 21.3 Å². The molecule has 5 rings (SSSR count). The average molecular weight is 831 g/mol. The van der Waals surface area contributed by atoms with E-state index in [-0.39, 0.29) is 43.2 Å². The van der Waals surface area contributed by atoms with Crippen molar-refractivity contribution < 1.29 is 45.6 Å². The lowest BCUT2D eigenvalue weighted by molar-refractivity contribution is -0.202. The third-order valence-electron chi connectivity index (χ3n) is 13.6. The van der Waals surface area contributed by atoms with Crippen molar-refractivity contribution in [2.75, 3.05) is 19.3 Å². The zero-order valence-electron chi connectivity index (χ0n) is 34.6. The molecule has 0 bridgehead atoms. The van der Waals surface area contributed by atoms with Crippen LogP contribution in [0.5, 0.6) is 0 Å². The summed E-state index contributed by atoms with van der Waals surface area (Å²) in [7, 11) is -3.65. The van der Waals surface area contributed by atoms with Crippen LogP contribution in [0, 0.1) is 23.2 Å². The highest BCUT2D eigenvalue weighted by molar-refractivity contribution is 7.89. The summed E-state index contributed by atoms with van der Waals surface area (Å²) in [6.07, 6.45) is 5.47. The molecule has 5 aliphatic rings. The van der Waals surface area contributed by atoms with E-state index in [1.54, 1.807) is 0 Å². The number of hydrogen-bond donors (Lipinski definition) is 4. The van der Waals surface area contributed by atoms with Crippen molar-refractivity contribution in [2.45, 2.75) is 179 Å². The molecule has 4 atom stereocenters. The van der Waals surface area contributed by atoms with Gasteiger partial charge in [0.2, 0.25) is 27.6 Å². The number of Topliss-reactive ketones (excluding diaryl/α,β-unsaturated/α-hetero) is 1. The number of nitrogens with zero attached hydrogens (tertiary/aromatic N) is 2. The Morgan fingerprint density at radius 1 is 0.860 bits per heavy atom. The second-order valence-electron chi connectivity index (χ2n) is 18.9. The van der Waals surface area contributed by atoms with Gasteiger partial charge >= 0.3 is 12.2 Å². The SMILES string of the molecule is CC(C)[C@H]1CCN(C(=O)[C@@H](NC(=O)NC2(CS(=O)(=O)N(C)C(C)(C)C(F)(F)F)CCCCC2)C2(C)CCCCC2)[C@@H]1C(=O)N[C@@H](CC1CC1)C(=O)C(=O)NC1CC1. The lowest BCUT2D eigenvalue weighted by Crippen LogP contribution is -2.65. The van der Waals surface area contributed by atoms with Crippen molar-refractivity contribution in [1.82, 2.24) is 30.5 Å². The smallest absolute Gasteiger partial charge is 0.347 e. The quantitative estimate of drug-likeness (QED) is 0.160. The number of hydrogen-bond acceptors (Lipinski definition) is 7. The Balaban J connectivity index is 1.39. The molecule has 4 saturated carbocycles. The third kappa shape index (κ3) is 10.6. The molecule has 5 amide bonds. The number of likely N-dealkylation sites (tertiary alicyclic amines) is 1. The summed E-state index contributed by atoms with van der Waals surface area (Å²) >= 11 is 0. The fourth-order valence-corrected chi connectivity index (χ4v) is 11.2. The maximum Gasteiger partial charge on any atom is 0.407 e. The summed E-state index contributed by atoms with van der Waals surface area (Å²) < 4.78 is 69.5. The number of ketones is 1. The van der Waals surface area contributed by atoms with Gasteiger partial charge in [-0.3, -0.25) is 19.2 Å². The molecule has 57 heavy (non-hydrogen) atoms. The zero-order valence-corrected chi connectivity index (χ0v) is 35.4. The van der Waals surface area contributed by atoms with Crippen LogP contribution in [0.4, 0.5) is 18.0 Å². The Bertz CT molecular complexity index is 1620. The van der Waals surface area contributed by atoms with Gasteiger partial charge in [-0.25, -0.2) is 13.2 Å². The van der Waals surface area contributed by atoms with Gasteiger partial charge in [-0.2, -0.15) is 17.5 Å². The molecule has 324 valence electrons. The molecule has 0 aromatic heterocycles. The Labute approximate surface area is 336 Å². The summed E-state index contributed by atoms with van der Waals surface area (Å²) in [4.78, 5) is 71.2. The Kier molecular flexibility index (Phi) is 13.7. The lowest BCUT2D eigenvalue weighted by atomic mass is 9.70. The first kappa shape index (κ1) is 45.1. The van der Waals surface area contributed by atoms with Gasteiger partial charge in [0, 0.05) is 19.6 Å². The largest absolute Gasteiger partial charge is 0.407 e. The van der Waals surface area contributed by atoms with E-state index in [1.807, 2.05) is 20.8 Å². The first-order valence-electron chi connectivity index (χ1n) is 21.1. The van der Waals surface area contributed by atoms with Crippen LogP contribution in [0.1, 0.15) is 137 Å². The van der Waals surface area contributed by atoms with E-state index in [1.165, 1.54) is 4.90 Å². The topological polar surface area (TPSA) is 174 Å². The van der Waals surface area contributed by atoms with Gasteiger partial charge in [0.15, 0.2) is 0 Å². The van der Waals surface area contributed by atoms with E-state index in [0.29, 0.717) is 42.8 Å². The van der Waals surface area contributed by atoms with Crippen molar-refractivity contribution in [3.05, 3.63) is 0 Å². The summed E-state index contributed by atoms with van der Waals surface area (Å²) in [5.74, 6) is -3.23. The second-order valence-corrected chi connectivity index (χ2v) is 20.9. The Morgan fingerprint density at radius 3 is 1.96 bits per heavy atom. The average Bonchev–Trinajstić information content (AvgIpc) is 4.07. The van der Waals surface area contributed by atoms with Crippen molar-refractivity contribution >= 4 is 39.6 Å². The number of urea groups is 1. The van der Waals surface area contributed by atoms with Crippen LogP contribution in [0.15, 0.2) is 0 Å². The van der Waals surface area contributed by atoms with Crippen LogP contribution in [0.2, 0.25) is 0 Å². The fourth-order valence-electron chi connectivity index (χ4n) is 9.18. The maximum atomic E-state index is 15.0. The molecule has 1 heterocycles. The van der Waals surface area contributed by atoms with E-state index in [9.17, 15) is 45.6 Å². The Hall–Kier alpha value is -2.95. The van der Waals surface area contributed by atoms with Crippen molar-refractivity contribution in [3.63, 3.8) is 0 Å². The summed E-state index contributed by atoms with van der Waals surface area (Å²) in [6.45, 7) is 7.68. The molecule has 4 aliphatic carbocycles. The predicted octanol–water partition coefficient (Wildman–Crippen LogP) is 4.94. The third-order valence-corrected chi connectivity index (χ3v) is 15.9. The van der Waals surface area contributed by atoms with Crippen molar-refractivity contribution in [1.29, 1.82) is 0 Å². The van der Waals surface area contributed by atoms with Gasteiger partial charge in [-0.05, 0) is 88.4 Å². The minimum absolute atomic E-state index is 0.0252. The molecule has 4 N–H and O–H groups in total. The highest BCUT2D eigenvalue weighted by Gasteiger charge is 2.55. The molecule has 17 heteroatoms. The zero-order chi connectivity index (χ0) is 42.1. The van der Waals surface area contributed by atoms with Crippen LogP contribution in [0.25, 0.3) is 0 Å². The van der Waals surface area contributed by atoms with E-state index >= 15 is 0 Å². The molecular formula is C40H65F3N6O7S. The number of sulfonamides is 1. The van der Waals surface area contributed by atoms with Crippen molar-refractivity contribution in [3.8, 4) is 0 Å². The second kappa shape index (κ2) is 17.3. The molecule has 13 nitrogen and oxygen atoms in total. The fraction of sp³-hybridized carbons (Fsp3) is 0.875. The number of rotatable bonds is 16. The molecule has 0 unspecified atom stereocenters. The molecule has 0 aromatic rings. The molecule has 1 aliphatic heterocycles. The van der Waals surface area contributed by atoms with Crippen LogP contribution >= 0.6 is 0 Å². The summed E-state index contributed by atoms with van der Waals surface area (Å²) in [5.41, 5.74) is -4.80. The number of nitrogens with one attached hydrogen (secondary N) is 4. The van der Waals surface area contributed by atoms with Gasteiger partial charge in [-0.15, -0.1) is 0 Å². The number of carbonyl (C=O) groups excluding carboxylic acids is 5. The predicted molar refractivity (Wildman–Crippen MR) is 208 cm³/mol. The number of alkyl halides is 3. The summed E-state index contributed by atoms with van der Waals surface area (Å²) in [6, 6.07) is -3.95. The van der Waals surface area contributed by atoms with Crippen LogP contribution in [0.3, 0.4) is 0 Å². The normalized spacial score (nSPS) is 25.1. The van der Waals surface area contributed by atoms with E-state index in [0.717, 1.165) is 72.3 Å². The maximum absolute atomic E-state index is 15.0. The van der Waals surface area contributed by atoms with E-state index < -0.39 is 86.1 Å². The molecule has 1 saturated heterocycles. The number of carbonyl (C=O) groups is 5. The van der Waals surface area contributed by atoms with Gasteiger partial charge in [0.1, 0.15) is 17.6 Å². The van der Waals surface area contributed by atoms with Crippen molar-refractivity contribution in [2.24, 2.45) is 23.2 Å².